The number of carbonyl (C=O) groups is 3. The molecule has 8 heteroatoms. The van der Waals surface area contributed by atoms with Gasteiger partial charge in [0.25, 0.3) is 0 Å². The largest absolute Gasteiger partial charge is 0.508 e. The number of aromatic hydroxyl groups is 1. The molecule has 0 aliphatic carbocycles. The molecule has 0 fully saturated rings. The second-order valence-electron chi connectivity index (χ2n) is 9.26. The van der Waals surface area contributed by atoms with Crippen LogP contribution in [0.5, 0.6) is 5.75 Å². The van der Waals surface area contributed by atoms with E-state index in [1.54, 1.807) is 12.1 Å². The Bertz CT molecular complexity index is 965. The summed E-state index contributed by atoms with van der Waals surface area (Å²) >= 11 is 0. The summed E-state index contributed by atoms with van der Waals surface area (Å²) in [6, 6.07) is 13.6. The van der Waals surface area contributed by atoms with Crippen LogP contribution in [-0.2, 0) is 27.3 Å². The smallest absolute Gasteiger partial charge is 0.243 e. The molecule has 8 nitrogen and oxygen atoms in total. The summed E-state index contributed by atoms with van der Waals surface area (Å²) in [5, 5.41) is 18.1. The van der Waals surface area contributed by atoms with Crippen molar-refractivity contribution < 1.29 is 19.5 Å². The number of carbonyl (C=O) groups excluding carboxylic acids is 3. The molecule has 0 saturated carbocycles. The van der Waals surface area contributed by atoms with E-state index in [9.17, 15) is 19.5 Å². The van der Waals surface area contributed by atoms with Gasteiger partial charge in [-0.15, -0.1) is 0 Å². The van der Waals surface area contributed by atoms with Crippen LogP contribution in [0.25, 0.3) is 0 Å². The van der Waals surface area contributed by atoms with Gasteiger partial charge in [-0.1, -0.05) is 82.5 Å². The summed E-state index contributed by atoms with van der Waals surface area (Å²) in [5.41, 5.74) is 7.75. The molecule has 0 unspecified atom stereocenters. The average Bonchev–Trinajstić information content (AvgIpc) is 2.89. The number of rotatable bonds is 14. The monoisotopic (exact) mass is 496 g/mol. The molecule has 2 rings (SSSR count). The Kier molecular flexibility index (Phi) is 11.9. The molecule has 3 amide bonds. The van der Waals surface area contributed by atoms with E-state index in [0.717, 1.165) is 24.0 Å². The summed E-state index contributed by atoms with van der Waals surface area (Å²) in [5.74, 6) is -1.16. The third kappa shape index (κ3) is 9.34. The quantitative estimate of drug-likeness (QED) is 0.274. The molecule has 0 aliphatic heterocycles. The molecule has 196 valence electrons. The molecule has 6 N–H and O–H groups in total. The van der Waals surface area contributed by atoms with Crippen LogP contribution < -0.4 is 21.7 Å². The number of hydrogen-bond donors (Lipinski definition) is 5. The van der Waals surface area contributed by atoms with Gasteiger partial charge >= 0.3 is 0 Å². The van der Waals surface area contributed by atoms with Crippen molar-refractivity contribution >= 4 is 17.7 Å². The van der Waals surface area contributed by atoms with Gasteiger partial charge in [0.1, 0.15) is 17.8 Å². The van der Waals surface area contributed by atoms with Crippen LogP contribution in [0.1, 0.15) is 57.6 Å². The topological polar surface area (TPSA) is 134 Å². The van der Waals surface area contributed by atoms with Crippen LogP contribution in [0.2, 0.25) is 0 Å². The van der Waals surface area contributed by atoms with Gasteiger partial charge in [-0.2, -0.15) is 0 Å². The molecular formula is C28H40N4O4. The van der Waals surface area contributed by atoms with E-state index in [4.69, 9.17) is 5.73 Å². The fraction of sp³-hybridized carbons (Fsp3) is 0.464. The standard InChI is InChI=1S/C28H40N4O4/c1-4-6-12-23(29)26(34)31-24(17-20-13-15-22(33)16-14-20)27(35)32-25(19(3)5-2)28(36)30-18-21-10-8-7-9-11-21/h7-11,13-16,19,23-25,33H,4-6,12,17-18,29H2,1-3H3,(H,30,36)(H,31,34)(H,32,35)/t19-,23-,24-,25-/m0/s1. The molecule has 0 aliphatic rings. The minimum Gasteiger partial charge on any atom is -0.508 e. The maximum atomic E-state index is 13.4. The minimum absolute atomic E-state index is 0.109. The number of phenolic OH excluding ortho intramolecular Hbond substituents is 1. The van der Waals surface area contributed by atoms with Crippen molar-refractivity contribution in [3.63, 3.8) is 0 Å². The Balaban J connectivity index is 2.16. The third-order valence-electron chi connectivity index (χ3n) is 6.32. The molecule has 0 bridgehead atoms. The van der Waals surface area contributed by atoms with Crippen molar-refractivity contribution in [3.8, 4) is 5.75 Å². The Morgan fingerprint density at radius 1 is 0.889 bits per heavy atom. The number of benzene rings is 2. The van der Waals surface area contributed by atoms with Gasteiger partial charge in [0.15, 0.2) is 0 Å². The number of hydrogen-bond acceptors (Lipinski definition) is 5. The molecular weight excluding hydrogens is 456 g/mol. The first-order valence-electron chi connectivity index (χ1n) is 12.7. The van der Waals surface area contributed by atoms with E-state index >= 15 is 0 Å². The van der Waals surface area contributed by atoms with Gasteiger partial charge in [0.05, 0.1) is 6.04 Å². The zero-order valence-electron chi connectivity index (χ0n) is 21.5. The van der Waals surface area contributed by atoms with E-state index in [-0.39, 0.29) is 24.0 Å². The second-order valence-corrected chi connectivity index (χ2v) is 9.26. The minimum atomic E-state index is -0.928. The van der Waals surface area contributed by atoms with Crippen molar-refractivity contribution in [1.82, 2.24) is 16.0 Å². The third-order valence-corrected chi connectivity index (χ3v) is 6.32. The fourth-order valence-corrected chi connectivity index (χ4v) is 3.76. The lowest BCUT2D eigenvalue weighted by molar-refractivity contribution is -0.133. The van der Waals surface area contributed by atoms with Crippen molar-refractivity contribution in [3.05, 3.63) is 65.7 Å². The van der Waals surface area contributed by atoms with Crippen molar-refractivity contribution in [2.45, 2.75) is 77.5 Å². The predicted octanol–water partition coefficient (Wildman–Crippen LogP) is 2.78. The van der Waals surface area contributed by atoms with E-state index in [1.807, 2.05) is 51.1 Å². The van der Waals surface area contributed by atoms with Crippen LogP contribution in [0.15, 0.2) is 54.6 Å². The number of unbranched alkanes of at least 4 members (excludes halogenated alkanes) is 1. The normalized spacial score (nSPS) is 14.2. The highest BCUT2D eigenvalue weighted by Crippen LogP contribution is 2.13. The van der Waals surface area contributed by atoms with Gasteiger partial charge in [0, 0.05) is 13.0 Å². The van der Waals surface area contributed by atoms with E-state index in [2.05, 4.69) is 16.0 Å². The molecule has 2 aromatic carbocycles. The molecule has 2 aromatic rings. The van der Waals surface area contributed by atoms with E-state index in [0.29, 0.717) is 19.4 Å². The Labute approximate surface area is 214 Å². The van der Waals surface area contributed by atoms with Gasteiger partial charge in [0.2, 0.25) is 17.7 Å². The fourth-order valence-electron chi connectivity index (χ4n) is 3.76. The maximum absolute atomic E-state index is 13.4. The van der Waals surface area contributed by atoms with E-state index < -0.39 is 29.9 Å². The maximum Gasteiger partial charge on any atom is 0.243 e. The number of nitrogens with two attached hydrogens (primary N) is 1. The zero-order chi connectivity index (χ0) is 26.5. The van der Waals surface area contributed by atoms with E-state index in [1.165, 1.54) is 12.1 Å². The first-order valence-corrected chi connectivity index (χ1v) is 12.7. The van der Waals surface area contributed by atoms with Gasteiger partial charge in [-0.25, -0.2) is 0 Å². The summed E-state index contributed by atoms with van der Waals surface area (Å²) in [7, 11) is 0. The summed E-state index contributed by atoms with van der Waals surface area (Å²) in [6.07, 6.45) is 3.11. The number of nitrogens with one attached hydrogen (secondary N) is 3. The number of amides is 3. The van der Waals surface area contributed by atoms with Crippen molar-refractivity contribution in [2.24, 2.45) is 11.7 Å². The van der Waals surface area contributed by atoms with Gasteiger partial charge < -0.3 is 26.8 Å². The van der Waals surface area contributed by atoms with Crippen LogP contribution in [0.3, 0.4) is 0 Å². The zero-order valence-corrected chi connectivity index (χ0v) is 21.5. The second kappa shape index (κ2) is 14.9. The Hall–Kier alpha value is -3.39. The van der Waals surface area contributed by atoms with Gasteiger partial charge in [-0.3, -0.25) is 14.4 Å². The molecule has 0 saturated heterocycles. The Morgan fingerprint density at radius 2 is 1.56 bits per heavy atom. The molecule has 0 heterocycles. The highest BCUT2D eigenvalue weighted by Gasteiger charge is 2.30. The SMILES string of the molecule is CCCC[C@H](N)C(=O)N[C@@H](Cc1ccc(O)cc1)C(=O)N[C@H](C(=O)NCc1ccccc1)[C@@H](C)CC. The average molecular weight is 497 g/mol. The molecule has 36 heavy (non-hydrogen) atoms. The van der Waals surface area contributed by atoms with Crippen molar-refractivity contribution in [1.29, 1.82) is 0 Å². The van der Waals surface area contributed by atoms with Gasteiger partial charge in [-0.05, 0) is 35.6 Å². The first-order chi connectivity index (χ1) is 17.2. The summed E-state index contributed by atoms with van der Waals surface area (Å²) in [4.78, 5) is 39.2. The molecule has 0 aromatic heterocycles. The highest BCUT2D eigenvalue weighted by atomic mass is 16.3. The number of phenols is 1. The van der Waals surface area contributed by atoms with Crippen LogP contribution >= 0.6 is 0 Å². The highest BCUT2D eigenvalue weighted by molar-refractivity contribution is 5.93. The van der Waals surface area contributed by atoms with Crippen molar-refractivity contribution in [2.75, 3.05) is 0 Å². The molecule has 0 radical (unpaired) electrons. The van der Waals surface area contributed by atoms with Crippen LogP contribution in [-0.4, -0.2) is 41.0 Å². The molecule has 0 spiro atoms. The lowest BCUT2D eigenvalue weighted by Crippen LogP contribution is -2.57. The van der Waals surface area contributed by atoms with Crippen LogP contribution in [0, 0.1) is 5.92 Å². The predicted molar refractivity (Wildman–Crippen MR) is 141 cm³/mol. The first kappa shape index (κ1) is 28.8. The lowest BCUT2D eigenvalue weighted by atomic mass is 9.97. The summed E-state index contributed by atoms with van der Waals surface area (Å²) in [6.45, 7) is 6.23. The Morgan fingerprint density at radius 3 is 2.17 bits per heavy atom. The lowest BCUT2D eigenvalue weighted by Gasteiger charge is -2.27. The molecule has 4 atom stereocenters. The summed E-state index contributed by atoms with van der Waals surface area (Å²) < 4.78 is 0. The van der Waals surface area contributed by atoms with Crippen LogP contribution in [0.4, 0.5) is 0 Å².